The van der Waals surface area contributed by atoms with Gasteiger partial charge in [-0.1, -0.05) is 0 Å². The molecule has 4 nitrogen and oxygen atoms in total. The third-order valence-corrected chi connectivity index (χ3v) is 2.96. The van der Waals surface area contributed by atoms with E-state index in [0.717, 1.165) is 52.3 Å². The molecule has 0 atom stereocenters. The van der Waals surface area contributed by atoms with E-state index >= 15 is 0 Å². The second-order valence-corrected chi connectivity index (χ2v) is 4.68. The van der Waals surface area contributed by atoms with E-state index in [1.807, 2.05) is 0 Å². The van der Waals surface area contributed by atoms with E-state index in [-0.39, 0.29) is 0 Å². The Labute approximate surface area is 99.2 Å². The van der Waals surface area contributed by atoms with E-state index in [0.29, 0.717) is 12.7 Å². The SMILES string of the molecule is CC(C)OCCN1CCN(CCCO)CC1. The Morgan fingerprint density at radius 2 is 1.62 bits per heavy atom. The zero-order chi connectivity index (χ0) is 11.8. The minimum atomic E-state index is 0.308. The molecule has 96 valence electrons. The molecular weight excluding hydrogens is 204 g/mol. The van der Waals surface area contributed by atoms with Crippen molar-refractivity contribution < 1.29 is 9.84 Å². The normalized spacial score (nSPS) is 19.5. The van der Waals surface area contributed by atoms with Crippen LogP contribution in [0.1, 0.15) is 20.3 Å². The summed E-state index contributed by atoms with van der Waals surface area (Å²) in [5.74, 6) is 0. The Kier molecular flexibility index (Phi) is 6.96. The van der Waals surface area contributed by atoms with Crippen molar-refractivity contribution in [3.8, 4) is 0 Å². The van der Waals surface area contributed by atoms with Gasteiger partial charge in [0.25, 0.3) is 0 Å². The standard InChI is InChI=1S/C12H26N2O2/c1-12(2)16-11-9-14-7-5-13(6-8-14)4-3-10-15/h12,15H,3-11H2,1-2H3. The highest BCUT2D eigenvalue weighted by molar-refractivity contribution is 4.71. The quantitative estimate of drug-likeness (QED) is 0.687. The van der Waals surface area contributed by atoms with E-state index in [9.17, 15) is 0 Å². The smallest absolute Gasteiger partial charge is 0.0596 e. The van der Waals surface area contributed by atoms with Crippen LogP contribution in [0.5, 0.6) is 0 Å². The van der Waals surface area contributed by atoms with Gasteiger partial charge in [-0.3, -0.25) is 4.90 Å². The molecule has 1 fully saturated rings. The lowest BCUT2D eigenvalue weighted by molar-refractivity contribution is 0.0441. The van der Waals surface area contributed by atoms with Gasteiger partial charge in [-0.05, 0) is 20.3 Å². The second-order valence-electron chi connectivity index (χ2n) is 4.68. The molecule has 1 N–H and O–H groups in total. The Balaban J connectivity index is 2.03. The second kappa shape index (κ2) is 8.01. The molecule has 0 spiro atoms. The first-order valence-corrected chi connectivity index (χ1v) is 6.39. The van der Waals surface area contributed by atoms with Gasteiger partial charge in [0.2, 0.25) is 0 Å². The predicted octanol–water partition coefficient (Wildman–Crippen LogP) is 0.411. The molecule has 0 saturated carbocycles. The molecule has 1 saturated heterocycles. The van der Waals surface area contributed by atoms with E-state index < -0.39 is 0 Å². The molecule has 0 aromatic carbocycles. The van der Waals surface area contributed by atoms with Crippen LogP contribution in [0.3, 0.4) is 0 Å². The monoisotopic (exact) mass is 230 g/mol. The molecule has 16 heavy (non-hydrogen) atoms. The summed E-state index contributed by atoms with van der Waals surface area (Å²) in [6.07, 6.45) is 1.24. The lowest BCUT2D eigenvalue weighted by Gasteiger charge is -2.34. The molecule has 1 aliphatic rings. The molecular formula is C12H26N2O2. The first-order valence-electron chi connectivity index (χ1n) is 6.39. The third-order valence-electron chi connectivity index (χ3n) is 2.96. The molecule has 0 aliphatic carbocycles. The lowest BCUT2D eigenvalue weighted by Crippen LogP contribution is -2.47. The summed E-state index contributed by atoms with van der Waals surface area (Å²) in [5.41, 5.74) is 0. The maximum Gasteiger partial charge on any atom is 0.0596 e. The number of ether oxygens (including phenoxy) is 1. The summed E-state index contributed by atoms with van der Waals surface area (Å²) in [4.78, 5) is 4.88. The number of nitrogens with zero attached hydrogens (tertiary/aromatic N) is 2. The van der Waals surface area contributed by atoms with E-state index in [4.69, 9.17) is 9.84 Å². The van der Waals surface area contributed by atoms with Gasteiger partial charge in [-0.25, -0.2) is 0 Å². The van der Waals surface area contributed by atoms with Crippen molar-refractivity contribution in [3.05, 3.63) is 0 Å². The summed E-state index contributed by atoms with van der Waals surface area (Å²) in [6.45, 7) is 11.9. The molecule has 0 aromatic rings. The molecule has 0 amide bonds. The van der Waals surface area contributed by atoms with Gasteiger partial charge in [0.15, 0.2) is 0 Å². The van der Waals surface area contributed by atoms with Crippen LogP contribution in [0.2, 0.25) is 0 Å². The predicted molar refractivity (Wildman–Crippen MR) is 65.7 cm³/mol. The fourth-order valence-corrected chi connectivity index (χ4v) is 1.95. The molecule has 1 aliphatic heterocycles. The first kappa shape index (κ1) is 13.9. The van der Waals surface area contributed by atoms with Crippen molar-refractivity contribution in [1.82, 2.24) is 9.80 Å². The molecule has 0 unspecified atom stereocenters. The van der Waals surface area contributed by atoms with Crippen LogP contribution in [0.4, 0.5) is 0 Å². The van der Waals surface area contributed by atoms with E-state index in [1.54, 1.807) is 0 Å². The largest absolute Gasteiger partial charge is 0.396 e. The number of aliphatic hydroxyl groups is 1. The number of hydrogen-bond acceptors (Lipinski definition) is 4. The van der Waals surface area contributed by atoms with Gasteiger partial charge < -0.3 is 14.7 Å². The molecule has 0 radical (unpaired) electrons. The zero-order valence-corrected chi connectivity index (χ0v) is 10.7. The molecule has 0 bridgehead atoms. The lowest BCUT2D eigenvalue weighted by atomic mass is 10.3. The Hall–Kier alpha value is -0.160. The fourth-order valence-electron chi connectivity index (χ4n) is 1.95. The van der Waals surface area contributed by atoms with E-state index in [2.05, 4.69) is 23.6 Å². The number of rotatable bonds is 7. The Morgan fingerprint density at radius 3 is 2.12 bits per heavy atom. The zero-order valence-electron chi connectivity index (χ0n) is 10.7. The van der Waals surface area contributed by atoms with Gasteiger partial charge in [0.1, 0.15) is 0 Å². The summed E-state index contributed by atoms with van der Waals surface area (Å²) < 4.78 is 5.55. The highest BCUT2D eigenvalue weighted by Gasteiger charge is 2.15. The molecule has 1 heterocycles. The molecule has 1 rings (SSSR count). The van der Waals surface area contributed by atoms with Crippen molar-refractivity contribution in [2.45, 2.75) is 26.4 Å². The van der Waals surface area contributed by atoms with Gasteiger partial charge in [-0.2, -0.15) is 0 Å². The highest BCUT2D eigenvalue weighted by Crippen LogP contribution is 2.02. The van der Waals surface area contributed by atoms with Gasteiger partial charge in [-0.15, -0.1) is 0 Å². The minimum absolute atomic E-state index is 0.308. The summed E-state index contributed by atoms with van der Waals surface area (Å²) in [5, 5.41) is 8.76. The van der Waals surface area contributed by atoms with Crippen LogP contribution in [0, 0.1) is 0 Å². The van der Waals surface area contributed by atoms with Crippen LogP contribution >= 0.6 is 0 Å². The number of aliphatic hydroxyl groups excluding tert-OH is 1. The van der Waals surface area contributed by atoms with Crippen molar-refractivity contribution in [3.63, 3.8) is 0 Å². The maximum absolute atomic E-state index is 8.76. The van der Waals surface area contributed by atoms with Crippen LogP contribution in [0.25, 0.3) is 0 Å². The van der Waals surface area contributed by atoms with Crippen molar-refractivity contribution in [2.75, 3.05) is 52.5 Å². The number of piperazine rings is 1. The van der Waals surface area contributed by atoms with Crippen molar-refractivity contribution in [1.29, 1.82) is 0 Å². The van der Waals surface area contributed by atoms with Gasteiger partial charge in [0, 0.05) is 45.9 Å². The third kappa shape index (κ3) is 5.80. The Morgan fingerprint density at radius 1 is 1.06 bits per heavy atom. The average Bonchev–Trinajstić information content (AvgIpc) is 2.27. The van der Waals surface area contributed by atoms with E-state index in [1.165, 1.54) is 0 Å². The van der Waals surface area contributed by atoms with Gasteiger partial charge >= 0.3 is 0 Å². The van der Waals surface area contributed by atoms with Crippen LogP contribution < -0.4 is 0 Å². The number of hydrogen-bond donors (Lipinski definition) is 1. The fraction of sp³-hybridized carbons (Fsp3) is 1.00. The maximum atomic E-state index is 8.76. The van der Waals surface area contributed by atoms with Crippen LogP contribution in [-0.2, 0) is 4.74 Å². The highest BCUT2D eigenvalue weighted by atomic mass is 16.5. The van der Waals surface area contributed by atoms with Crippen molar-refractivity contribution >= 4 is 0 Å². The van der Waals surface area contributed by atoms with Gasteiger partial charge in [0.05, 0.1) is 12.7 Å². The summed E-state index contributed by atoms with van der Waals surface area (Å²) in [6, 6.07) is 0. The Bertz CT molecular complexity index is 168. The minimum Gasteiger partial charge on any atom is -0.396 e. The summed E-state index contributed by atoms with van der Waals surface area (Å²) in [7, 11) is 0. The van der Waals surface area contributed by atoms with Crippen LogP contribution in [0.15, 0.2) is 0 Å². The van der Waals surface area contributed by atoms with Crippen molar-refractivity contribution in [2.24, 2.45) is 0 Å². The first-order chi connectivity index (χ1) is 7.72. The molecule has 0 aromatic heterocycles. The average molecular weight is 230 g/mol. The summed E-state index contributed by atoms with van der Waals surface area (Å²) >= 11 is 0. The topological polar surface area (TPSA) is 35.9 Å². The molecule has 4 heteroatoms. The van der Waals surface area contributed by atoms with Crippen LogP contribution in [-0.4, -0.2) is 73.5 Å².